The van der Waals surface area contributed by atoms with Crippen LogP contribution in [0.2, 0.25) is 0 Å². The van der Waals surface area contributed by atoms with Gasteiger partial charge >= 0.3 is 0 Å². The molecule has 2 aromatic carbocycles. The Bertz CT molecular complexity index is 722. The maximum absolute atomic E-state index is 12.1. The zero-order chi connectivity index (χ0) is 18.4. The highest BCUT2D eigenvalue weighted by atomic mass is 16.5. The number of nitrogens with one attached hydrogen (secondary N) is 1. The molecule has 5 heteroatoms. The molecule has 5 nitrogen and oxygen atoms in total. The summed E-state index contributed by atoms with van der Waals surface area (Å²) >= 11 is 0. The standard InChI is InChI=1S/C21H27N3O2/c1-17-6-8-20(9-7-17)26-16-21(25)22-19-5-3-4-18(14-19)15-24-12-10-23(2)11-13-24/h3-9,14H,10-13,15-16H2,1-2H3,(H,22,25). The summed E-state index contributed by atoms with van der Waals surface area (Å²) in [4.78, 5) is 16.9. The van der Waals surface area contributed by atoms with Crippen LogP contribution in [-0.4, -0.2) is 55.5 Å². The molecule has 3 rings (SSSR count). The number of piperazine rings is 1. The monoisotopic (exact) mass is 353 g/mol. The third-order valence-corrected chi connectivity index (χ3v) is 4.60. The molecule has 0 saturated carbocycles. The summed E-state index contributed by atoms with van der Waals surface area (Å²) in [6, 6.07) is 15.7. The van der Waals surface area contributed by atoms with E-state index in [1.54, 1.807) is 0 Å². The minimum absolute atomic E-state index is 0.00570. The zero-order valence-electron chi connectivity index (χ0n) is 15.6. The van der Waals surface area contributed by atoms with Crippen molar-refractivity contribution in [3.8, 4) is 5.75 Å². The third kappa shape index (κ3) is 5.58. The van der Waals surface area contributed by atoms with Gasteiger partial charge in [0.1, 0.15) is 5.75 Å². The van der Waals surface area contributed by atoms with Crippen molar-refractivity contribution in [3.63, 3.8) is 0 Å². The number of nitrogens with zero attached hydrogens (tertiary/aromatic N) is 2. The first-order chi connectivity index (χ1) is 12.6. The Morgan fingerprint density at radius 3 is 2.54 bits per heavy atom. The van der Waals surface area contributed by atoms with Crippen LogP contribution in [0.1, 0.15) is 11.1 Å². The number of amides is 1. The topological polar surface area (TPSA) is 44.8 Å². The van der Waals surface area contributed by atoms with Crippen LogP contribution in [-0.2, 0) is 11.3 Å². The third-order valence-electron chi connectivity index (χ3n) is 4.60. The number of ether oxygens (including phenoxy) is 1. The van der Waals surface area contributed by atoms with Crippen LogP contribution in [0.4, 0.5) is 5.69 Å². The lowest BCUT2D eigenvalue weighted by Gasteiger charge is -2.32. The summed E-state index contributed by atoms with van der Waals surface area (Å²) in [5.41, 5.74) is 3.19. The SMILES string of the molecule is Cc1ccc(OCC(=O)Nc2cccc(CN3CCN(C)CC3)c2)cc1. The number of anilines is 1. The van der Waals surface area contributed by atoms with Crippen molar-refractivity contribution >= 4 is 11.6 Å². The zero-order valence-corrected chi connectivity index (χ0v) is 15.6. The van der Waals surface area contributed by atoms with E-state index in [1.807, 2.05) is 49.4 Å². The first-order valence-electron chi connectivity index (χ1n) is 9.08. The fraction of sp³-hybridized carbons (Fsp3) is 0.381. The van der Waals surface area contributed by atoms with E-state index in [9.17, 15) is 4.79 Å². The van der Waals surface area contributed by atoms with E-state index in [4.69, 9.17) is 4.74 Å². The minimum Gasteiger partial charge on any atom is -0.484 e. The molecule has 138 valence electrons. The van der Waals surface area contributed by atoms with Gasteiger partial charge in [0.25, 0.3) is 5.91 Å². The van der Waals surface area contributed by atoms with E-state index in [-0.39, 0.29) is 12.5 Å². The van der Waals surface area contributed by atoms with Crippen LogP contribution < -0.4 is 10.1 Å². The fourth-order valence-electron chi connectivity index (χ4n) is 2.99. The van der Waals surface area contributed by atoms with Crippen LogP contribution in [0.15, 0.2) is 48.5 Å². The Balaban J connectivity index is 1.49. The lowest BCUT2D eigenvalue weighted by atomic mass is 10.1. The van der Waals surface area contributed by atoms with E-state index in [0.717, 1.165) is 38.4 Å². The first kappa shape index (κ1) is 18.4. The van der Waals surface area contributed by atoms with Crippen molar-refractivity contribution in [2.24, 2.45) is 0 Å². The molecule has 0 radical (unpaired) electrons. The maximum atomic E-state index is 12.1. The highest BCUT2D eigenvalue weighted by Gasteiger charge is 2.14. The quantitative estimate of drug-likeness (QED) is 0.867. The number of benzene rings is 2. The second kappa shape index (κ2) is 8.83. The summed E-state index contributed by atoms with van der Waals surface area (Å²) in [6.45, 7) is 7.31. The largest absolute Gasteiger partial charge is 0.484 e. The van der Waals surface area contributed by atoms with E-state index in [0.29, 0.717) is 5.75 Å². The molecule has 0 aromatic heterocycles. The lowest BCUT2D eigenvalue weighted by Crippen LogP contribution is -2.43. The second-order valence-electron chi connectivity index (χ2n) is 6.93. The number of rotatable bonds is 6. The molecule has 0 spiro atoms. The molecule has 0 bridgehead atoms. The summed E-state index contributed by atoms with van der Waals surface area (Å²) in [5, 5.41) is 2.92. The molecule has 2 aromatic rings. The van der Waals surface area contributed by atoms with Gasteiger partial charge in [-0.25, -0.2) is 0 Å². The number of carbonyl (C=O) groups is 1. The van der Waals surface area contributed by atoms with Crippen LogP contribution >= 0.6 is 0 Å². The molecule has 1 aliphatic rings. The van der Waals surface area contributed by atoms with Crippen molar-refractivity contribution in [2.75, 3.05) is 45.2 Å². The molecule has 0 atom stereocenters. The minimum atomic E-state index is -0.151. The number of hydrogen-bond donors (Lipinski definition) is 1. The number of aryl methyl sites for hydroxylation is 1. The highest BCUT2D eigenvalue weighted by molar-refractivity contribution is 5.91. The molecular weight excluding hydrogens is 326 g/mol. The molecule has 1 aliphatic heterocycles. The van der Waals surface area contributed by atoms with Crippen LogP contribution in [0, 0.1) is 6.92 Å². The van der Waals surface area contributed by atoms with E-state index in [1.165, 1.54) is 11.1 Å². The molecule has 0 unspecified atom stereocenters. The van der Waals surface area contributed by atoms with E-state index in [2.05, 4.69) is 28.2 Å². The van der Waals surface area contributed by atoms with Gasteiger partial charge < -0.3 is 15.0 Å². The molecule has 1 fully saturated rings. The Hall–Kier alpha value is -2.37. The van der Waals surface area contributed by atoms with Crippen molar-refractivity contribution in [1.29, 1.82) is 0 Å². The Morgan fingerprint density at radius 1 is 1.08 bits per heavy atom. The van der Waals surface area contributed by atoms with Gasteiger partial charge in [0.15, 0.2) is 6.61 Å². The molecule has 1 amide bonds. The molecule has 1 N–H and O–H groups in total. The average Bonchev–Trinajstić information content (AvgIpc) is 2.63. The second-order valence-corrected chi connectivity index (χ2v) is 6.93. The van der Waals surface area contributed by atoms with Crippen LogP contribution in [0.25, 0.3) is 0 Å². The van der Waals surface area contributed by atoms with Gasteiger partial charge in [0.2, 0.25) is 0 Å². The lowest BCUT2D eigenvalue weighted by molar-refractivity contribution is -0.118. The molecule has 1 heterocycles. The Labute approximate surface area is 155 Å². The van der Waals surface area contributed by atoms with E-state index >= 15 is 0 Å². The fourth-order valence-corrected chi connectivity index (χ4v) is 2.99. The summed E-state index contributed by atoms with van der Waals surface area (Å²) in [5.74, 6) is 0.553. The van der Waals surface area contributed by atoms with Crippen molar-refractivity contribution in [3.05, 3.63) is 59.7 Å². The Morgan fingerprint density at radius 2 is 1.81 bits per heavy atom. The normalized spacial score (nSPS) is 15.6. The number of likely N-dealkylation sites (N-methyl/N-ethyl adjacent to an activating group) is 1. The summed E-state index contributed by atoms with van der Waals surface area (Å²) in [7, 11) is 2.16. The number of hydrogen-bond acceptors (Lipinski definition) is 4. The maximum Gasteiger partial charge on any atom is 0.262 e. The van der Waals surface area contributed by atoms with Gasteiger partial charge in [0.05, 0.1) is 0 Å². The molecule has 0 aliphatic carbocycles. The van der Waals surface area contributed by atoms with Crippen LogP contribution in [0.5, 0.6) is 5.75 Å². The van der Waals surface area contributed by atoms with E-state index < -0.39 is 0 Å². The van der Waals surface area contributed by atoms with Gasteiger partial charge in [-0.3, -0.25) is 9.69 Å². The predicted octanol–water partition coefficient (Wildman–Crippen LogP) is 2.76. The van der Waals surface area contributed by atoms with Crippen molar-refractivity contribution in [1.82, 2.24) is 9.80 Å². The summed E-state index contributed by atoms with van der Waals surface area (Å²) in [6.07, 6.45) is 0. The first-order valence-corrected chi connectivity index (χ1v) is 9.08. The van der Waals surface area contributed by atoms with Crippen molar-refractivity contribution < 1.29 is 9.53 Å². The number of carbonyl (C=O) groups excluding carboxylic acids is 1. The van der Waals surface area contributed by atoms with Gasteiger partial charge in [-0.15, -0.1) is 0 Å². The summed E-state index contributed by atoms with van der Waals surface area (Å²) < 4.78 is 5.53. The van der Waals surface area contributed by atoms with Crippen molar-refractivity contribution in [2.45, 2.75) is 13.5 Å². The van der Waals surface area contributed by atoms with Gasteiger partial charge in [0, 0.05) is 38.4 Å². The molecule has 26 heavy (non-hydrogen) atoms. The van der Waals surface area contributed by atoms with Crippen LogP contribution in [0.3, 0.4) is 0 Å². The Kier molecular flexibility index (Phi) is 6.26. The molecule has 1 saturated heterocycles. The average molecular weight is 353 g/mol. The van der Waals surface area contributed by atoms with Gasteiger partial charge in [-0.2, -0.15) is 0 Å². The smallest absolute Gasteiger partial charge is 0.262 e. The molecular formula is C21H27N3O2. The highest BCUT2D eigenvalue weighted by Crippen LogP contribution is 2.15. The van der Waals surface area contributed by atoms with Gasteiger partial charge in [-0.1, -0.05) is 29.8 Å². The predicted molar refractivity (Wildman–Crippen MR) is 105 cm³/mol. The van der Waals surface area contributed by atoms with Gasteiger partial charge in [-0.05, 0) is 43.8 Å².